The molecule has 16 heavy (non-hydrogen) atoms. The van der Waals surface area contributed by atoms with Crippen LogP contribution in [-0.4, -0.2) is 17.6 Å². The lowest BCUT2D eigenvalue weighted by atomic mass is 10.00. The van der Waals surface area contributed by atoms with Crippen molar-refractivity contribution < 1.29 is 4.39 Å². The van der Waals surface area contributed by atoms with Crippen LogP contribution >= 0.6 is 0 Å². The number of hydrogen-bond donors (Lipinski definition) is 1. The molecule has 0 aromatic carbocycles. The first-order chi connectivity index (χ1) is 7.44. The van der Waals surface area contributed by atoms with Gasteiger partial charge in [0.15, 0.2) is 11.6 Å². The number of anilines is 1. The summed E-state index contributed by atoms with van der Waals surface area (Å²) < 4.78 is 14.0. The average molecular weight is 225 g/mol. The average Bonchev–Trinajstić information content (AvgIpc) is 2.28. The molecule has 2 N–H and O–H groups in total. The molecule has 4 heteroatoms. The molecule has 0 saturated heterocycles. The summed E-state index contributed by atoms with van der Waals surface area (Å²) in [6.45, 7) is 6.38. The first-order valence-electron chi connectivity index (χ1n) is 5.51. The van der Waals surface area contributed by atoms with Crippen LogP contribution < -0.4 is 10.6 Å². The summed E-state index contributed by atoms with van der Waals surface area (Å²) in [4.78, 5) is 5.96. The van der Waals surface area contributed by atoms with E-state index in [0.717, 1.165) is 6.42 Å². The summed E-state index contributed by atoms with van der Waals surface area (Å²) in [5.74, 6) is 0.0591. The molecule has 0 spiro atoms. The van der Waals surface area contributed by atoms with E-state index < -0.39 is 0 Å². The fourth-order valence-electron chi connectivity index (χ4n) is 1.39. The summed E-state index contributed by atoms with van der Waals surface area (Å²) >= 11 is 0. The topological polar surface area (TPSA) is 42.2 Å². The van der Waals surface area contributed by atoms with Gasteiger partial charge in [-0.15, -0.1) is 0 Å². The van der Waals surface area contributed by atoms with Gasteiger partial charge in [0, 0.05) is 30.9 Å². The number of aromatic nitrogens is 1. The lowest BCUT2D eigenvalue weighted by Crippen LogP contribution is -2.41. The van der Waals surface area contributed by atoms with Gasteiger partial charge in [0.2, 0.25) is 0 Å². The van der Waals surface area contributed by atoms with Crippen molar-refractivity contribution in [1.82, 2.24) is 4.98 Å². The highest BCUT2D eigenvalue weighted by atomic mass is 19.1. The number of rotatable bonds is 4. The first kappa shape index (κ1) is 12.9. The minimum Gasteiger partial charge on any atom is -0.352 e. The standard InChI is InChI=1S/C12H20FN3/c1-5-12(2,3)16(4)11-10(13)9(8-14)6-7-15-11/h6-7H,5,8,14H2,1-4H3. The quantitative estimate of drug-likeness (QED) is 0.855. The third-order valence-electron chi connectivity index (χ3n) is 3.26. The van der Waals surface area contributed by atoms with Crippen molar-refractivity contribution in [2.75, 3.05) is 11.9 Å². The minimum absolute atomic E-state index is 0.124. The molecule has 90 valence electrons. The zero-order valence-electron chi connectivity index (χ0n) is 10.4. The van der Waals surface area contributed by atoms with E-state index >= 15 is 0 Å². The number of pyridine rings is 1. The van der Waals surface area contributed by atoms with Crippen molar-refractivity contribution >= 4 is 5.82 Å². The van der Waals surface area contributed by atoms with Gasteiger partial charge in [-0.05, 0) is 26.3 Å². The van der Waals surface area contributed by atoms with Gasteiger partial charge in [-0.3, -0.25) is 0 Å². The third-order valence-corrected chi connectivity index (χ3v) is 3.26. The zero-order chi connectivity index (χ0) is 12.3. The van der Waals surface area contributed by atoms with Crippen LogP contribution in [0.2, 0.25) is 0 Å². The molecular formula is C12H20FN3. The van der Waals surface area contributed by atoms with Crippen molar-refractivity contribution in [2.45, 2.75) is 39.3 Å². The molecule has 0 atom stereocenters. The number of nitrogens with two attached hydrogens (primary N) is 1. The van der Waals surface area contributed by atoms with Gasteiger partial charge < -0.3 is 10.6 Å². The lowest BCUT2D eigenvalue weighted by molar-refractivity contribution is 0.456. The molecule has 0 aliphatic rings. The molecule has 1 aromatic rings. The first-order valence-corrected chi connectivity index (χ1v) is 5.51. The Morgan fingerprint density at radius 1 is 1.50 bits per heavy atom. The molecule has 0 fully saturated rings. The van der Waals surface area contributed by atoms with Crippen LogP contribution in [0, 0.1) is 5.82 Å². The van der Waals surface area contributed by atoms with E-state index in [1.54, 1.807) is 12.3 Å². The molecule has 3 nitrogen and oxygen atoms in total. The number of hydrogen-bond acceptors (Lipinski definition) is 3. The second-order valence-electron chi connectivity index (χ2n) is 4.54. The van der Waals surface area contributed by atoms with E-state index in [0.29, 0.717) is 11.4 Å². The molecule has 0 saturated carbocycles. The van der Waals surface area contributed by atoms with E-state index in [-0.39, 0.29) is 17.9 Å². The van der Waals surface area contributed by atoms with E-state index in [1.165, 1.54) is 0 Å². The Kier molecular flexibility index (Phi) is 3.86. The maximum absolute atomic E-state index is 14.0. The summed E-state index contributed by atoms with van der Waals surface area (Å²) in [5.41, 5.74) is 5.85. The van der Waals surface area contributed by atoms with Gasteiger partial charge >= 0.3 is 0 Å². The largest absolute Gasteiger partial charge is 0.352 e. The highest BCUT2D eigenvalue weighted by Crippen LogP contribution is 2.26. The molecule has 0 bridgehead atoms. The maximum atomic E-state index is 14.0. The summed E-state index contributed by atoms with van der Waals surface area (Å²) in [6, 6.07) is 1.62. The molecule has 0 aliphatic heterocycles. The van der Waals surface area contributed by atoms with E-state index in [9.17, 15) is 4.39 Å². The summed E-state index contributed by atoms with van der Waals surface area (Å²) in [6.07, 6.45) is 2.51. The molecule has 1 rings (SSSR count). The van der Waals surface area contributed by atoms with Gasteiger partial charge in [-0.2, -0.15) is 0 Å². The van der Waals surface area contributed by atoms with Crippen molar-refractivity contribution in [1.29, 1.82) is 0 Å². The second-order valence-corrected chi connectivity index (χ2v) is 4.54. The predicted molar refractivity (Wildman–Crippen MR) is 64.9 cm³/mol. The van der Waals surface area contributed by atoms with Crippen LogP contribution in [0.5, 0.6) is 0 Å². The SMILES string of the molecule is CCC(C)(C)N(C)c1nccc(CN)c1F. The van der Waals surface area contributed by atoms with Gasteiger partial charge in [0.05, 0.1) is 0 Å². The molecule has 0 unspecified atom stereocenters. The van der Waals surface area contributed by atoms with E-state index in [1.807, 2.05) is 11.9 Å². The van der Waals surface area contributed by atoms with Crippen LogP contribution in [0.1, 0.15) is 32.8 Å². The lowest BCUT2D eigenvalue weighted by Gasteiger charge is -2.36. The molecular weight excluding hydrogens is 205 g/mol. The Bertz CT molecular complexity index is 363. The van der Waals surface area contributed by atoms with Crippen LogP contribution in [0.15, 0.2) is 12.3 Å². The van der Waals surface area contributed by atoms with Crippen LogP contribution in [-0.2, 0) is 6.54 Å². The van der Waals surface area contributed by atoms with E-state index in [2.05, 4.69) is 25.8 Å². The molecule has 1 heterocycles. The molecule has 0 radical (unpaired) electrons. The zero-order valence-corrected chi connectivity index (χ0v) is 10.4. The van der Waals surface area contributed by atoms with Crippen molar-refractivity contribution in [3.63, 3.8) is 0 Å². The van der Waals surface area contributed by atoms with E-state index in [4.69, 9.17) is 5.73 Å². The van der Waals surface area contributed by atoms with Crippen molar-refractivity contribution in [2.24, 2.45) is 5.73 Å². The monoisotopic (exact) mass is 225 g/mol. The van der Waals surface area contributed by atoms with Gasteiger partial charge in [-0.1, -0.05) is 6.92 Å². The Balaban J connectivity index is 3.14. The third kappa shape index (κ3) is 2.32. The van der Waals surface area contributed by atoms with Crippen LogP contribution in [0.4, 0.5) is 10.2 Å². The maximum Gasteiger partial charge on any atom is 0.170 e. The Morgan fingerprint density at radius 3 is 2.62 bits per heavy atom. The minimum atomic E-state index is -0.311. The van der Waals surface area contributed by atoms with Crippen molar-refractivity contribution in [3.8, 4) is 0 Å². The number of nitrogens with zero attached hydrogens (tertiary/aromatic N) is 2. The smallest absolute Gasteiger partial charge is 0.170 e. The predicted octanol–water partition coefficient (Wildman–Crippen LogP) is 2.30. The van der Waals surface area contributed by atoms with Gasteiger partial charge in [0.25, 0.3) is 0 Å². The van der Waals surface area contributed by atoms with Crippen LogP contribution in [0.3, 0.4) is 0 Å². The fraction of sp³-hybridized carbons (Fsp3) is 0.583. The Morgan fingerprint density at radius 2 is 2.12 bits per heavy atom. The Labute approximate surface area is 96.5 Å². The fourth-order valence-corrected chi connectivity index (χ4v) is 1.39. The summed E-state index contributed by atoms with van der Waals surface area (Å²) in [5, 5.41) is 0. The highest BCUT2D eigenvalue weighted by Gasteiger charge is 2.25. The Hall–Kier alpha value is -1.16. The molecule has 1 aromatic heterocycles. The number of halogens is 1. The molecule has 0 aliphatic carbocycles. The van der Waals surface area contributed by atoms with Crippen molar-refractivity contribution in [3.05, 3.63) is 23.6 Å². The highest BCUT2D eigenvalue weighted by molar-refractivity contribution is 5.44. The normalized spacial score (nSPS) is 11.6. The van der Waals surface area contributed by atoms with Gasteiger partial charge in [0.1, 0.15) is 0 Å². The van der Waals surface area contributed by atoms with Gasteiger partial charge in [-0.25, -0.2) is 9.37 Å². The summed E-state index contributed by atoms with van der Waals surface area (Å²) in [7, 11) is 1.86. The van der Waals surface area contributed by atoms with Crippen LogP contribution in [0.25, 0.3) is 0 Å². The second kappa shape index (κ2) is 4.78. The molecule has 0 amide bonds.